The molecule has 4 rings (SSSR count). The van der Waals surface area contributed by atoms with Crippen molar-refractivity contribution >= 4 is 18.0 Å². The summed E-state index contributed by atoms with van der Waals surface area (Å²) < 4.78 is 5.51. The summed E-state index contributed by atoms with van der Waals surface area (Å²) in [4.78, 5) is 36.9. The quantitative estimate of drug-likeness (QED) is 0.586. The first-order valence-corrected chi connectivity index (χ1v) is 11.0. The van der Waals surface area contributed by atoms with Gasteiger partial charge < -0.3 is 20.5 Å². The summed E-state index contributed by atoms with van der Waals surface area (Å²) in [6.07, 6.45) is 1.15. The highest BCUT2D eigenvalue weighted by molar-refractivity contribution is 5.91. The van der Waals surface area contributed by atoms with Gasteiger partial charge in [-0.25, -0.2) is 9.59 Å². The van der Waals surface area contributed by atoms with E-state index in [0.29, 0.717) is 6.42 Å². The molecule has 0 heterocycles. The Labute approximate surface area is 187 Å². The lowest BCUT2D eigenvalue weighted by molar-refractivity contribution is -0.148. The number of rotatable bonds is 8. The van der Waals surface area contributed by atoms with E-state index in [-0.39, 0.29) is 18.4 Å². The minimum absolute atomic E-state index is 0.0766. The first kappa shape index (κ1) is 21.9. The van der Waals surface area contributed by atoms with E-state index >= 15 is 0 Å². The van der Waals surface area contributed by atoms with E-state index in [4.69, 9.17) is 4.74 Å². The summed E-state index contributed by atoms with van der Waals surface area (Å²) in [7, 11) is 0. The zero-order valence-corrected chi connectivity index (χ0v) is 18.3. The van der Waals surface area contributed by atoms with E-state index in [1.807, 2.05) is 36.4 Å². The number of ether oxygens (including phenoxy) is 1. The van der Waals surface area contributed by atoms with Gasteiger partial charge in [0.25, 0.3) is 0 Å². The third-order valence-electron chi connectivity index (χ3n) is 6.58. The molecular formula is C25H28N2O5. The van der Waals surface area contributed by atoms with Gasteiger partial charge >= 0.3 is 12.1 Å². The van der Waals surface area contributed by atoms with Crippen LogP contribution in [0.4, 0.5) is 4.79 Å². The molecule has 0 aliphatic heterocycles. The number of benzene rings is 2. The molecule has 2 amide bonds. The van der Waals surface area contributed by atoms with Crippen molar-refractivity contribution < 1.29 is 24.2 Å². The summed E-state index contributed by atoms with van der Waals surface area (Å²) in [5, 5.41) is 14.8. The smallest absolute Gasteiger partial charge is 0.407 e. The van der Waals surface area contributed by atoms with Crippen LogP contribution in [-0.2, 0) is 14.3 Å². The zero-order chi connectivity index (χ0) is 22.9. The number of fused-ring (bicyclic) bond motifs is 3. The van der Waals surface area contributed by atoms with E-state index in [1.54, 1.807) is 6.92 Å². The van der Waals surface area contributed by atoms with Gasteiger partial charge in [0, 0.05) is 5.92 Å². The van der Waals surface area contributed by atoms with Crippen molar-refractivity contribution in [3.05, 3.63) is 59.7 Å². The van der Waals surface area contributed by atoms with Crippen molar-refractivity contribution in [1.29, 1.82) is 0 Å². The minimum atomic E-state index is -1.33. The van der Waals surface area contributed by atoms with Gasteiger partial charge in [-0.05, 0) is 54.4 Å². The molecule has 2 aliphatic carbocycles. The van der Waals surface area contributed by atoms with Crippen LogP contribution in [0.15, 0.2) is 48.5 Å². The Bertz CT molecular complexity index is 1000. The number of carboxylic acids is 1. The number of carbonyl (C=O) groups is 3. The van der Waals surface area contributed by atoms with Crippen LogP contribution in [0, 0.1) is 5.92 Å². The van der Waals surface area contributed by atoms with Crippen molar-refractivity contribution in [2.24, 2.45) is 5.92 Å². The number of hydrogen-bond donors (Lipinski definition) is 3. The Morgan fingerprint density at radius 2 is 1.62 bits per heavy atom. The van der Waals surface area contributed by atoms with Gasteiger partial charge in [-0.2, -0.15) is 0 Å². The van der Waals surface area contributed by atoms with Gasteiger partial charge in [0.15, 0.2) is 0 Å². The molecule has 32 heavy (non-hydrogen) atoms. The topological polar surface area (TPSA) is 105 Å². The van der Waals surface area contributed by atoms with Crippen LogP contribution in [0.5, 0.6) is 0 Å². The first-order valence-electron chi connectivity index (χ1n) is 11.0. The number of alkyl carbamates (subject to hydrolysis) is 1. The molecule has 2 aliphatic rings. The standard InChI is InChI=1S/C25H28N2O5/c1-3-21(22(28)27-25(2,23(29)30)15-12-13-15)26-24(31)32-14-20-18-10-6-4-8-16(18)17-9-5-7-11-19(17)20/h4-11,15,20-21H,3,12-14H2,1-2H3,(H,26,31)(H,27,28)(H,29,30)/t21-,25?/m0/s1. The predicted octanol–water partition coefficient (Wildman–Crippen LogP) is 3.67. The van der Waals surface area contributed by atoms with E-state index in [9.17, 15) is 19.5 Å². The normalized spacial score (nSPS) is 17.4. The van der Waals surface area contributed by atoms with Crippen LogP contribution in [-0.4, -0.2) is 41.3 Å². The van der Waals surface area contributed by atoms with E-state index in [0.717, 1.165) is 35.1 Å². The van der Waals surface area contributed by atoms with Crippen LogP contribution in [0.3, 0.4) is 0 Å². The van der Waals surface area contributed by atoms with Crippen LogP contribution < -0.4 is 10.6 Å². The van der Waals surface area contributed by atoms with Gasteiger partial charge in [-0.1, -0.05) is 55.5 Å². The Morgan fingerprint density at radius 1 is 1.06 bits per heavy atom. The number of nitrogens with one attached hydrogen (secondary N) is 2. The molecule has 7 heteroatoms. The van der Waals surface area contributed by atoms with E-state index < -0.39 is 29.6 Å². The van der Waals surface area contributed by atoms with Crippen molar-refractivity contribution in [1.82, 2.24) is 10.6 Å². The van der Waals surface area contributed by atoms with Crippen LogP contribution >= 0.6 is 0 Å². The van der Waals surface area contributed by atoms with Gasteiger partial charge in [0.2, 0.25) is 5.91 Å². The number of aliphatic carboxylic acids is 1. The summed E-state index contributed by atoms with van der Waals surface area (Å²) >= 11 is 0. The van der Waals surface area contributed by atoms with Gasteiger partial charge in [0.05, 0.1) is 0 Å². The molecule has 3 N–H and O–H groups in total. The molecule has 1 saturated carbocycles. The van der Waals surface area contributed by atoms with Crippen molar-refractivity contribution in [3.8, 4) is 11.1 Å². The van der Waals surface area contributed by atoms with E-state index in [1.165, 1.54) is 6.92 Å². The monoisotopic (exact) mass is 436 g/mol. The highest BCUT2D eigenvalue weighted by atomic mass is 16.5. The fraction of sp³-hybridized carbons (Fsp3) is 0.400. The number of carbonyl (C=O) groups excluding carboxylic acids is 2. The maximum atomic E-state index is 12.7. The largest absolute Gasteiger partial charge is 0.480 e. The van der Waals surface area contributed by atoms with Crippen LogP contribution in [0.1, 0.15) is 50.2 Å². The number of carboxylic acid groups (broad SMARTS) is 1. The second-order valence-corrected chi connectivity index (χ2v) is 8.70. The fourth-order valence-corrected chi connectivity index (χ4v) is 4.47. The second kappa shape index (κ2) is 8.65. The Morgan fingerprint density at radius 3 is 2.12 bits per heavy atom. The molecule has 0 aromatic heterocycles. The third-order valence-corrected chi connectivity index (χ3v) is 6.58. The molecule has 1 fully saturated rings. The van der Waals surface area contributed by atoms with Crippen molar-refractivity contribution in [2.75, 3.05) is 6.61 Å². The lowest BCUT2D eigenvalue weighted by atomic mass is 9.95. The molecular weight excluding hydrogens is 408 g/mol. The van der Waals surface area contributed by atoms with Crippen LogP contribution in [0.2, 0.25) is 0 Å². The molecule has 1 unspecified atom stereocenters. The van der Waals surface area contributed by atoms with Crippen molar-refractivity contribution in [2.45, 2.75) is 50.6 Å². The minimum Gasteiger partial charge on any atom is -0.480 e. The molecule has 2 atom stereocenters. The fourth-order valence-electron chi connectivity index (χ4n) is 4.47. The SMILES string of the molecule is CC[C@H](NC(=O)OCC1c2ccccc2-c2ccccc21)C(=O)NC(C)(C(=O)O)C1CC1. The molecule has 2 aromatic rings. The third kappa shape index (κ3) is 4.07. The molecule has 2 aromatic carbocycles. The predicted molar refractivity (Wildman–Crippen MR) is 119 cm³/mol. The summed E-state index contributed by atoms with van der Waals surface area (Å²) in [6.45, 7) is 3.42. The van der Waals surface area contributed by atoms with Crippen molar-refractivity contribution in [3.63, 3.8) is 0 Å². The number of amides is 2. The van der Waals surface area contributed by atoms with Crippen LogP contribution in [0.25, 0.3) is 11.1 Å². The van der Waals surface area contributed by atoms with Gasteiger partial charge in [-0.3, -0.25) is 4.79 Å². The average molecular weight is 437 g/mol. The molecule has 168 valence electrons. The molecule has 7 nitrogen and oxygen atoms in total. The molecule has 0 bridgehead atoms. The Balaban J connectivity index is 1.39. The van der Waals surface area contributed by atoms with Gasteiger partial charge in [-0.15, -0.1) is 0 Å². The molecule has 0 spiro atoms. The number of hydrogen-bond acceptors (Lipinski definition) is 4. The highest BCUT2D eigenvalue weighted by Gasteiger charge is 2.49. The Hall–Kier alpha value is -3.35. The van der Waals surface area contributed by atoms with Gasteiger partial charge in [0.1, 0.15) is 18.2 Å². The van der Waals surface area contributed by atoms with E-state index in [2.05, 4.69) is 22.8 Å². The Kier molecular flexibility index (Phi) is 5.91. The summed E-state index contributed by atoms with van der Waals surface area (Å²) in [6, 6.07) is 15.2. The molecule has 0 saturated heterocycles. The highest BCUT2D eigenvalue weighted by Crippen LogP contribution is 2.44. The summed E-state index contributed by atoms with van der Waals surface area (Å²) in [5.41, 5.74) is 3.15. The second-order valence-electron chi connectivity index (χ2n) is 8.70. The average Bonchev–Trinajstić information content (AvgIpc) is 3.59. The lowest BCUT2D eigenvalue weighted by Crippen LogP contribution is -2.59. The lowest BCUT2D eigenvalue weighted by Gasteiger charge is -2.28. The summed E-state index contributed by atoms with van der Waals surface area (Å²) in [5.74, 6) is -1.75. The zero-order valence-electron chi connectivity index (χ0n) is 18.3. The molecule has 0 radical (unpaired) electrons. The maximum absolute atomic E-state index is 12.7. The first-order chi connectivity index (χ1) is 15.3. The maximum Gasteiger partial charge on any atom is 0.407 e.